The molecule has 2 nitrogen and oxygen atoms in total. The second kappa shape index (κ2) is 5.61. The predicted molar refractivity (Wildman–Crippen MR) is 65.6 cm³/mol. The van der Waals surface area contributed by atoms with Crippen molar-refractivity contribution in [1.29, 1.82) is 0 Å². The zero-order valence-corrected chi connectivity index (χ0v) is 10.5. The van der Waals surface area contributed by atoms with Gasteiger partial charge in [0.05, 0.1) is 5.69 Å². The van der Waals surface area contributed by atoms with E-state index in [4.69, 9.17) is 0 Å². The van der Waals surface area contributed by atoms with Crippen LogP contribution < -0.4 is 5.32 Å². The first-order chi connectivity index (χ1) is 7.34. The molecule has 0 spiro atoms. The van der Waals surface area contributed by atoms with E-state index in [1.165, 1.54) is 25.7 Å². The SMILES string of the molecule is Brc1cccc(CNCCCC2CC2)n1. The quantitative estimate of drug-likeness (QED) is 0.634. The number of hydrogen-bond donors (Lipinski definition) is 1. The first kappa shape index (κ1) is 11.1. The molecule has 0 amide bonds. The summed E-state index contributed by atoms with van der Waals surface area (Å²) in [5.41, 5.74) is 1.11. The molecular weight excluding hydrogens is 252 g/mol. The second-order valence-corrected chi connectivity index (χ2v) is 5.03. The fourth-order valence-electron chi connectivity index (χ4n) is 1.69. The van der Waals surface area contributed by atoms with E-state index in [0.29, 0.717) is 0 Å². The molecule has 1 N–H and O–H groups in total. The highest BCUT2D eigenvalue weighted by Crippen LogP contribution is 2.33. The summed E-state index contributed by atoms with van der Waals surface area (Å²) in [6.07, 6.45) is 5.64. The summed E-state index contributed by atoms with van der Waals surface area (Å²) < 4.78 is 0.916. The first-order valence-electron chi connectivity index (χ1n) is 5.67. The number of aromatic nitrogens is 1. The van der Waals surface area contributed by atoms with E-state index in [1.807, 2.05) is 12.1 Å². The molecule has 0 aliphatic heterocycles. The highest BCUT2D eigenvalue weighted by molar-refractivity contribution is 9.10. The van der Waals surface area contributed by atoms with Crippen LogP contribution in [-0.4, -0.2) is 11.5 Å². The Balaban J connectivity index is 1.60. The number of nitrogens with zero attached hydrogens (tertiary/aromatic N) is 1. The van der Waals surface area contributed by atoms with Crippen molar-refractivity contribution in [2.75, 3.05) is 6.54 Å². The normalized spacial score (nSPS) is 15.5. The first-order valence-corrected chi connectivity index (χ1v) is 6.46. The molecule has 0 atom stereocenters. The van der Waals surface area contributed by atoms with Gasteiger partial charge in [-0.05, 0) is 53.4 Å². The van der Waals surface area contributed by atoms with Crippen molar-refractivity contribution < 1.29 is 0 Å². The Morgan fingerprint density at radius 1 is 1.40 bits per heavy atom. The lowest BCUT2D eigenvalue weighted by molar-refractivity contribution is 0.589. The van der Waals surface area contributed by atoms with Crippen molar-refractivity contribution in [2.24, 2.45) is 5.92 Å². The highest BCUT2D eigenvalue weighted by atomic mass is 79.9. The molecule has 1 heterocycles. The maximum Gasteiger partial charge on any atom is 0.106 e. The van der Waals surface area contributed by atoms with Gasteiger partial charge in [-0.25, -0.2) is 4.98 Å². The minimum absolute atomic E-state index is 0.879. The lowest BCUT2D eigenvalue weighted by Gasteiger charge is -2.04. The van der Waals surface area contributed by atoms with Gasteiger partial charge in [-0.3, -0.25) is 0 Å². The van der Waals surface area contributed by atoms with Gasteiger partial charge in [-0.1, -0.05) is 18.9 Å². The van der Waals surface area contributed by atoms with Crippen LogP contribution in [0.4, 0.5) is 0 Å². The minimum Gasteiger partial charge on any atom is -0.311 e. The van der Waals surface area contributed by atoms with Crippen molar-refractivity contribution in [3.05, 3.63) is 28.5 Å². The van der Waals surface area contributed by atoms with Crippen molar-refractivity contribution >= 4 is 15.9 Å². The summed E-state index contributed by atoms with van der Waals surface area (Å²) in [6, 6.07) is 6.04. The van der Waals surface area contributed by atoms with Crippen molar-refractivity contribution in [3.63, 3.8) is 0 Å². The summed E-state index contributed by atoms with van der Waals surface area (Å²) in [6.45, 7) is 1.99. The third kappa shape index (κ3) is 4.31. The van der Waals surface area contributed by atoms with Crippen LogP contribution in [0.5, 0.6) is 0 Å². The molecule has 0 saturated heterocycles. The molecule has 1 aliphatic rings. The van der Waals surface area contributed by atoms with Gasteiger partial charge >= 0.3 is 0 Å². The Kier molecular flexibility index (Phi) is 4.15. The summed E-state index contributed by atoms with van der Waals surface area (Å²) in [5.74, 6) is 1.05. The molecule has 1 saturated carbocycles. The van der Waals surface area contributed by atoms with E-state index in [9.17, 15) is 0 Å². The van der Waals surface area contributed by atoms with Crippen molar-refractivity contribution in [1.82, 2.24) is 10.3 Å². The van der Waals surface area contributed by atoms with Gasteiger partial charge in [-0.15, -0.1) is 0 Å². The van der Waals surface area contributed by atoms with Gasteiger partial charge < -0.3 is 5.32 Å². The zero-order valence-electron chi connectivity index (χ0n) is 8.88. The van der Waals surface area contributed by atoms with Crippen LogP contribution in [0, 0.1) is 5.92 Å². The smallest absolute Gasteiger partial charge is 0.106 e. The van der Waals surface area contributed by atoms with Gasteiger partial charge in [0.2, 0.25) is 0 Å². The standard InChI is InChI=1S/C12H17BrN2/c13-12-5-1-4-11(15-12)9-14-8-2-3-10-6-7-10/h1,4-5,10,14H,2-3,6-9H2. The van der Waals surface area contributed by atoms with Gasteiger partial charge in [0.15, 0.2) is 0 Å². The van der Waals surface area contributed by atoms with E-state index in [0.717, 1.165) is 29.3 Å². The fourth-order valence-corrected chi connectivity index (χ4v) is 2.07. The van der Waals surface area contributed by atoms with Gasteiger partial charge in [0.1, 0.15) is 4.60 Å². The fraction of sp³-hybridized carbons (Fsp3) is 0.583. The molecule has 0 aromatic carbocycles. The molecule has 2 rings (SSSR count). The second-order valence-electron chi connectivity index (χ2n) is 4.21. The average molecular weight is 269 g/mol. The van der Waals surface area contributed by atoms with Gasteiger partial charge in [0.25, 0.3) is 0 Å². The third-order valence-electron chi connectivity index (χ3n) is 2.74. The summed E-state index contributed by atoms with van der Waals surface area (Å²) in [7, 11) is 0. The van der Waals surface area contributed by atoms with Crippen LogP contribution in [0.15, 0.2) is 22.8 Å². The molecule has 1 aromatic rings. The largest absolute Gasteiger partial charge is 0.311 e. The van der Waals surface area contributed by atoms with Crippen LogP contribution in [-0.2, 0) is 6.54 Å². The Morgan fingerprint density at radius 3 is 3.00 bits per heavy atom. The van der Waals surface area contributed by atoms with Crippen LogP contribution >= 0.6 is 15.9 Å². The molecule has 3 heteroatoms. The Hall–Kier alpha value is -0.410. The van der Waals surface area contributed by atoms with Crippen LogP contribution in [0.1, 0.15) is 31.4 Å². The van der Waals surface area contributed by atoms with Crippen LogP contribution in [0.2, 0.25) is 0 Å². The molecule has 15 heavy (non-hydrogen) atoms. The Morgan fingerprint density at radius 2 is 2.27 bits per heavy atom. The van der Waals surface area contributed by atoms with E-state index < -0.39 is 0 Å². The monoisotopic (exact) mass is 268 g/mol. The van der Waals surface area contributed by atoms with Crippen LogP contribution in [0.25, 0.3) is 0 Å². The molecule has 0 bridgehead atoms. The summed E-state index contributed by atoms with van der Waals surface area (Å²) in [4.78, 5) is 4.37. The number of nitrogens with one attached hydrogen (secondary N) is 1. The summed E-state index contributed by atoms with van der Waals surface area (Å²) >= 11 is 3.37. The predicted octanol–water partition coefficient (Wildman–Crippen LogP) is 3.12. The zero-order chi connectivity index (χ0) is 10.5. The summed E-state index contributed by atoms with van der Waals surface area (Å²) in [5, 5.41) is 3.43. The van der Waals surface area contributed by atoms with E-state index in [-0.39, 0.29) is 0 Å². The maximum atomic E-state index is 4.37. The van der Waals surface area contributed by atoms with Gasteiger partial charge in [0, 0.05) is 6.54 Å². The lowest BCUT2D eigenvalue weighted by Crippen LogP contribution is -2.15. The van der Waals surface area contributed by atoms with E-state index in [1.54, 1.807) is 0 Å². The van der Waals surface area contributed by atoms with Gasteiger partial charge in [-0.2, -0.15) is 0 Å². The topological polar surface area (TPSA) is 24.9 Å². The van der Waals surface area contributed by atoms with Crippen molar-refractivity contribution in [2.45, 2.75) is 32.2 Å². The molecule has 1 aromatic heterocycles. The number of halogens is 1. The average Bonchev–Trinajstić information content (AvgIpc) is 3.01. The third-order valence-corrected chi connectivity index (χ3v) is 3.18. The van der Waals surface area contributed by atoms with Crippen molar-refractivity contribution in [3.8, 4) is 0 Å². The lowest BCUT2D eigenvalue weighted by atomic mass is 10.2. The molecule has 0 unspecified atom stereocenters. The molecule has 1 fully saturated rings. The van der Waals surface area contributed by atoms with E-state index >= 15 is 0 Å². The Labute approximate surface area is 99.6 Å². The molecule has 0 radical (unpaired) electrons. The number of rotatable bonds is 6. The van der Waals surface area contributed by atoms with E-state index in [2.05, 4.69) is 32.3 Å². The molecule has 1 aliphatic carbocycles. The highest BCUT2D eigenvalue weighted by Gasteiger charge is 2.19. The Bertz CT molecular complexity index is 310. The molecular formula is C12H17BrN2. The maximum absolute atomic E-state index is 4.37. The molecule has 82 valence electrons. The number of hydrogen-bond acceptors (Lipinski definition) is 2. The van der Waals surface area contributed by atoms with Crippen LogP contribution in [0.3, 0.4) is 0 Å². The minimum atomic E-state index is 0.879. The number of pyridine rings is 1.